The van der Waals surface area contributed by atoms with E-state index in [1.54, 1.807) is 55.5 Å². The molecule has 2 rings (SSSR count). The molecule has 5 heteroatoms. The maximum Gasteiger partial charge on any atom is 0.244 e. The van der Waals surface area contributed by atoms with Gasteiger partial charge in [-0.3, -0.25) is 0 Å². The predicted molar refractivity (Wildman–Crippen MR) is 103 cm³/mol. The number of halogens is 1. The van der Waals surface area contributed by atoms with Crippen LogP contribution in [0.4, 0.5) is 0 Å². The average Bonchev–Trinajstić information content (AvgIpc) is 2.58. The minimum atomic E-state index is -3.75. The van der Waals surface area contributed by atoms with Gasteiger partial charge in [0.05, 0.1) is 17.5 Å². The number of aryl methyl sites for hydroxylation is 1. The lowest BCUT2D eigenvalue weighted by molar-refractivity contribution is 0.402. The molecule has 0 spiro atoms. The maximum absolute atomic E-state index is 13.2. The standard InChI is InChI=1S/C20H20ClNO2S/c1-4-6-14-22(20(5-2)17-8-7-9-18(21)15-17)25(23,24)19-12-10-16(3)11-13-19/h5,7-13,15,20H,2,14H2,1,3H3/t20-/m0/s1. The first-order chi connectivity index (χ1) is 11.9. The Balaban J connectivity index is 2.54. The molecule has 0 aromatic heterocycles. The van der Waals surface area contributed by atoms with E-state index in [4.69, 9.17) is 11.6 Å². The highest BCUT2D eigenvalue weighted by molar-refractivity contribution is 7.89. The second kappa shape index (κ2) is 8.35. The van der Waals surface area contributed by atoms with Crippen molar-refractivity contribution >= 4 is 21.6 Å². The summed E-state index contributed by atoms with van der Waals surface area (Å²) < 4.78 is 27.7. The SMILES string of the molecule is C=C[C@@H](c1cccc(Cl)c1)N(CC#CC)S(=O)(=O)c1ccc(C)cc1. The van der Waals surface area contributed by atoms with Gasteiger partial charge in [0.25, 0.3) is 0 Å². The molecule has 0 heterocycles. The van der Waals surface area contributed by atoms with E-state index in [9.17, 15) is 8.42 Å². The fourth-order valence-corrected chi connectivity index (χ4v) is 4.14. The van der Waals surface area contributed by atoms with E-state index in [-0.39, 0.29) is 11.4 Å². The zero-order valence-corrected chi connectivity index (χ0v) is 15.8. The van der Waals surface area contributed by atoms with Crippen LogP contribution in [0.1, 0.15) is 24.1 Å². The second-order valence-corrected chi connectivity index (χ2v) is 7.85. The van der Waals surface area contributed by atoms with Crippen LogP contribution in [-0.2, 0) is 10.0 Å². The number of sulfonamides is 1. The zero-order valence-electron chi connectivity index (χ0n) is 14.2. The maximum atomic E-state index is 13.2. The largest absolute Gasteiger partial charge is 0.244 e. The molecule has 0 amide bonds. The van der Waals surface area contributed by atoms with Crippen molar-refractivity contribution in [3.05, 3.63) is 77.3 Å². The first-order valence-corrected chi connectivity index (χ1v) is 9.58. The Bertz CT molecular complexity index is 909. The number of nitrogens with zero attached hydrogens (tertiary/aromatic N) is 1. The average molecular weight is 374 g/mol. The summed E-state index contributed by atoms with van der Waals surface area (Å²) in [5.74, 6) is 5.61. The Kier molecular flexibility index (Phi) is 6.44. The molecule has 25 heavy (non-hydrogen) atoms. The summed E-state index contributed by atoms with van der Waals surface area (Å²) in [5.41, 5.74) is 1.74. The Hall–Kier alpha value is -2.06. The Labute approximate surface area is 155 Å². The van der Waals surface area contributed by atoms with Crippen LogP contribution in [0.25, 0.3) is 0 Å². The molecule has 0 bridgehead atoms. The van der Waals surface area contributed by atoms with Crippen LogP contribution >= 0.6 is 11.6 Å². The highest BCUT2D eigenvalue weighted by Crippen LogP contribution is 2.29. The predicted octanol–water partition coefficient (Wildman–Crippen LogP) is 4.59. The van der Waals surface area contributed by atoms with Crippen LogP contribution in [0.2, 0.25) is 5.02 Å². The first-order valence-electron chi connectivity index (χ1n) is 7.76. The monoisotopic (exact) mass is 373 g/mol. The van der Waals surface area contributed by atoms with Crippen LogP contribution in [-0.4, -0.2) is 19.3 Å². The molecule has 0 unspecified atom stereocenters. The van der Waals surface area contributed by atoms with Gasteiger partial charge in [0.2, 0.25) is 10.0 Å². The van der Waals surface area contributed by atoms with Crippen molar-refractivity contribution in [1.82, 2.24) is 4.31 Å². The highest BCUT2D eigenvalue weighted by Gasteiger charge is 2.30. The molecule has 0 N–H and O–H groups in total. The molecule has 0 fully saturated rings. The summed E-state index contributed by atoms with van der Waals surface area (Å²) in [6.45, 7) is 7.48. The van der Waals surface area contributed by atoms with Gasteiger partial charge in [0.15, 0.2) is 0 Å². The number of hydrogen-bond donors (Lipinski definition) is 0. The van der Waals surface area contributed by atoms with E-state index in [1.165, 1.54) is 4.31 Å². The minimum absolute atomic E-state index is 0.0654. The smallest absolute Gasteiger partial charge is 0.207 e. The summed E-state index contributed by atoms with van der Waals surface area (Å²) in [7, 11) is -3.75. The molecule has 130 valence electrons. The summed E-state index contributed by atoms with van der Waals surface area (Å²) >= 11 is 6.07. The van der Waals surface area contributed by atoms with Gasteiger partial charge in [0, 0.05) is 5.02 Å². The van der Waals surface area contributed by atoms with Crippen LogP contribution < -0.4 is 0 Å². The van der Waals surface area contributed by atoms with E-state index in [1.807, 2.05) is 13.0 Å². The number of benzene rings is 2. The van der Waals surface area contributed by atoms with Crippen molar-refractivity contribution in [3.63, 3.8) is 0 Å². The molecule has 0 aliphatic heterocycles. The lowest BCUT2D eigenvalue weighted by Gasteiger charge is -2.27. The molecule has 2 aromatic rings. The molecule has 0 radical (unpaired) electrons. The van der Waals surface area contributed by atoms with Crippen molar-refractivity contribution in [3.8, 4) is 11.8 Å². The summed E-state index contributed by atoms with van der Waals surface area (Å²) in [6.07, 6.45) is 1.59. The Morgan fingerprint density at radius 3 is 2.48 bits per heavy atom. The molecule has 1 atom stereocenters. The molecular weight excluding hydrogens is 354 g/mol. The van der Waals surface area contributed by atoms with Crippen molar-refractivity contribution in [2.75, 3.05) is 6.54 Å². The van der Waals surface area contributed by atoms with E-state index < -0.39 is 16.1 Å². The van der Waals surface area contributed by atoms with E-state index in [2.05, 4.69) is 18.4 Å². The van der Waals surface area contributed by atoms with Crippen LogP contribution in [0, 0.1) is 18.8 Å². The van der Waals surface area contributed by atoms with Crippen molar-refractivity contribution < 1.29 is 8.42 Å². The molecule has 0 aliphatic carbocycles. The van der Waals surface area contributed by atoms with Crippen molar-refractivity contribution in [1.29, 1.82) is 0 Å². The quantitative estimate of drug-likeness (QED) is 0.548. The Morgan fingerprint density at radius 2 is 1.92 bits per heavy atom. The molecule has 0 aliphatic rings. The second-order valence-electron chi connectivity index (χ2n) is 5.53. The van der Waals surface area contributed by atoms with Gasteiger partial charge in [-0.2, -0.15) is 4.31 Å². The third-order valence-electron chi connectivity index (χ3n) is 3.76. The minimum Gasteiger partial charge on any atom is -0.207 e. The van der Waals surface area contributed by atoms with E-state index >= 15 is 0 Å². The summed E-state index contributed by atoms with van der Waals surface area (Å²) in [6, 6.07) is 13.3. The van der Waals surface area contributed by atoms with Gasteiger partial charge in [-0.1, -0.05) is 53.4 Å². The molecule has 2 aromatic carbocycles. The normalized spacial score (nSPS) is 12.3. The topological polar surface area (TPSA) is 37.4 Å². The first kappa shape index (κ1) is 19.3. The summed E-state index contributed by atoms with van der Waals surface area (Å²) in [5, 5.41) is 0.540. The van der Waals surface area contributed by atoms with Gasteiger partial charge < -0.3 is 0 Å². The van der Waals surface area contributed by atoms with Gasteiger partial charge >= 0.3 is 0 Å². The Morgan fingerprint density at radius 1 is 1.24 bits per heavy atom. The molecule has 0 saturated carbocycles. The number of hydrogen-bond acceptors (Lipinski definition) is 2. The fourth-order valence-electron chi connectivity index (χ4n) is 2.45. The zero-order chi connectivity index (χ0) is 18.4. The van der Waals surface area contributed by atoms with E-state index in [0.717, 1.165) is 11.1 Å². The fraction of sp³-hybridized carbons (Fsp3) is 0.200. The highest BCUT2D eigenvalue weighted by atomic mass is 35.5. The van der Waals surface area contributed by atoms with Crippen molar-refractivity contribution in [2.24, 2.45) is 0 Å². The van der Waals surface area contributed by atoms with Gasteiger partial charge in [-0.25, -0.2) is 8.42 Å². The van der Waals surface area contributed by atoms with Crippen molar-refractivity contribution in [2.45, 2.75) is 24.8 Å². The van der Waals surface area contributed by atoms with E-state index in [0.29, 0.717) is 5.02 Å². The van der Waals surface area contributed by atoms with Crippen LogP contribution in [0.15, 0.2) is 66.1 Å². The molecule has 3 nitrogen and oxygen atoms in total. The third-order valence-corrected chi connectivity index (χ3v) is 5.84. The number of rotatable bonds is 6. The lowest BCUT2D eigenvalue weighted by atomic mass is 10.1. The van der Waals surface area contributed by atoms with Crippen LogP contribution in [0.3, 0.4) is 0 Å². The summed E-state index contributed by atoms with van der Waals surface area (Å²) in [4.78, 5) is 0.227. The molecule has 0 saturated heterocycles. The van der Waals surface area contributed by atoms with Gasteiger partial charge in [0.1, 0.15) is 0 Å². The molecular formula is C20H20ClNO2S. The van der Waals surface area contributed by atoms with Crippen LogP contribution in [0.5, 0.6) is 0 Å². The lowest BCUT2D eigenvalue weighted by Crippen LogP contribution is -2.34. The third kappa shape index (κ3) is 4.52. The van der Waals surface area contributed by atoms with Gasteiger partial charge in [-0.15, -0.1) is 12.5 Å². The van der Waals surface area contributed by atoms with Gasteiger partial charge in [-0.05, 0) is 43.7 Å².